The van der Waals surface area contributed by atoms with Crippen molar-refractivity contribution < 1.29 is 14.1 Å². The van der Waals surface area contributed by atoms with E-state index in [9.17, 15) is 4.79 Å². The van der Waals surface area contributed by atoms with E-state index >= 15 is 0 Å². The molecular formula is C16H26N4O3. The van der Waals surface area contributed by atoms with Crippen molar-refractivity contribution in [1.82, 2.24) is 19.9 Å². The molecule has 2 fully saturated rings. The number of aromatic nitrogens is 1. The van der Waals surface area contributed by atoms with E-state index in [4.69, 9.17) is 9.26 Å². The van der Waals surface area contributed by atoms with E-state index in [-0.39, 0.29) is 5.91 Å². The Morgan fingerprint density at radius 3 is 2.57 bits per heavy atom. The first kappa shape index (κ1) is 16.4. The molecule has 0 spiro atoms. The minimum absolute atomic E-state index is 0.0156. The number of piperazine rings is 1. The van der Waals surface area contributed by atoms with Crippen LogP contribution in [0.25, 0.3) is 0 Å². The smallest absolute Gasteiger partial charge is 0.276 e. The summed E-state index contributed by atoms with van der Waals surface area (Å²) in [6.45, 7) is 10.7. The summed E-state index contributed by atoms with van der Waals surface area (Å²) in [5, 5.41) is 3.97. The monoisotopic (exact) mass is 322 g/mol. The van der Waals surface area contributed by atoms with Crippen LogP contribution in [0.3, 0.4) is 0 Å². The molecule has 1 aromatic rings. The van der Waals surface area contributed by atoms with Crippen LogP contribution in [0.15, 0.2) is 10.6 Å². The molecule has 7 nitrogen and oxygen atoms in total. The van der Waals surface area contributed by atoms with E-state index in [0.29, 0.717) is 12.2 Å². The fourth-order valence-electron chi connectivity index (χ4n) is 3.12. The topological polar surface area (TPSA) is 62.0 Å². The fourth-order valence-corrected chi connectivity index (χ4v) is 3.12. The van der Waals surface area contributed by atoms with Crippen molar-refractivity contribution in [2.75, 3.05) is 59.0 Å². The van der Waals surface area contributed by atoms with Crippen molar-refractivity contribution in [2.24, 2.45) is 0 Å². The zero-order chi connectivity index (χ0) is 16.1. The van der Waals surface area contributed by atoms with Crippen LogP contribution in [-0.2, 0) is 11.3 Å². The molecule has 0 saturated carbocycles. The van der Waals surface area contributed by atoms with Gasteiger partial charge in [-0.3, -0.25) is 14.6 Å². The summed E-state index contributed by atoms with van der Waals surface area (Å²) in [7, 11) is 0. The average Bonchev–Trinajstić information content (AvgIpc) is 3.05. The summed E-state index contributed by atoms with van der Waals surface area (Å²) < 4.78 is 10.7. The van der Waals surface area contributed by atoms with E-state index in [2.05, 4.69) is 21.9 Å². The molecule has 3 heterocycles. The van der Waals surface area contributed by atoms with E-state index in [1.54, 1.807) is 6.07 Å². The van der Waals surface area contributed by atoms with Gasteiger partial charge in [0.25, 0.3) is 5.91 Å². The van der Waals surface area contributed by atoms with Gasteiger partial charge >= 0.3 is 0 Å². The highest BCUT2D eigenvalue weighted by Crippen LogP contribution is 2.12. The molecule has 2 aliphatic heterocycles. The third kappa shape index (κ3) is 4.31. The Balaban J connectivity index is 1.52. The number of amides is 1. The number of morpholine rings is 1. The molecule has 0 atom stereocenters. The summed E-state index contributed by atoms with van der Waals surface area (Å²) in [4.78, 5) is 19.0. The highest BCUT2D eigenvalue weighted by molar-refractivity contribution is 5.92. The van der Waals surface area contributed by atoms with Crippen LogP contribution in [0.4, 0.5) is 0 Å². The highest BCUT2D eigenvalue weighted by Gasteiger charge is 2.24. The molecular weight excluding hydrogens is 296 g/mol. The van der Waals surface area contributed by atoms with Crippen molar-refractivity contribution in [3.63, 3.8) is 0 Å². The quantitative estimate of drug-likeness (QED) is 0.794. The minimum atomic E-state index is -0.0156. The van der Waals surface area contributed by atoms with Crippen LogP contribution in [0.2, 0.25) is 0 Å². The van der Waals surface area contributed by atoms with Crippen LogP contribution >= 0.6 is 0 Å². The van der Waals surface area contributed by atoms with Gasteiger partial charge in [0.05, 0.1) is 19.8 Å². The van der Waals surface area contributed by atoms with Crippen LogP contribution in [0.5, 0.6) is 0 Å². The molecule has 0 unspecified atom stereocenters. The lowest BCUT2D eigenvalue weighted by Crippen LogP contribution is -2.48. The van der Waals surface area contributed by atoms with Gasteiger partial charge in [0, 0.05) is 45.3 Å². The van der Waals surface area contributed by atoms with E-state index in [1.807, 2.05) is 4.90 Å². The predicted octanol–water partition coefficient (Wildman–Crippen LogP) is 0.675. The standard InChI is InChI=1S/C16H26N4O3/c1-2-3-18-4-6-20(7-5-18)16(21)15-12-14(23-17-15)13-19-8-10-22-11-9-19/h12H,2-11,13H2,1H3. The van der Waals surface area contributed by atoms with Crippen molar-refractivity contribution in [2.45, 2.75) is 19.9 Å². The number of rotatable bonds is 5. The molecule has 0 bridgehead atoms. The Morgan fingerprint density at radius 1 is 1.13 bits per heavy atom. The molecule has 2 saturated heterocycles. The van der Waals surface area contributed by atoms with E-state index in [1.165, 1.54) is 0 Å². The largest absolute Gasteiger partial charge is 0.379 e. The van der Waals surface area contributed by atoms with Crippen LogP contribution in [0.1, 0.15) is 29.6 Å². The third-order valence-electron chi connectivity index (χ3n) is 4.46. The number of hydrogen-bond acceptors (Lipinski definition) is 6. The lowest BCUT2D eigenvalue weighted by atomic mass is 10.2. The molecule has 1 aromatic heterocycles. The van der Waals surface area contributed by atoms with Crippen LogP contribution in [0, 0.1) is 0 Å². The lowest BCUT2D eigenvalue weighted by Gasteiger charge is -2.34. The van der Waals surface area contributed by atoms with Crippen LogP contribution < -0.4 is 0 Å². The summed E-state index contributed by atoms with van der Waals surface area (Å²) in [5.74, 6) is 0.734. The first-order chi connectivity index (χ1) is 11.3. The van der Waals surface area contributed by atoms with Crippen molar-refractivity contribution in [1.29, 1.82) is 0 Å². The minimum Gasteiger partial charge on any atom is -0.379 e. The molecule has 0 N–H and O–H groups in total. The number of hydrogen-bond donors (Lipinski definition) is 0. The Labute approximate surface area is 137 Å². The zero-order valence-electron chi connectivity index (χ0n) is 13.9. The second-order valence-corrected chi connectivity index (χ2v) is 6.20. The van der Waals surface area contributed by atoms with Gasteiger partial charge in [-0.25, -0.2) is 0 Å². The average molecular weight is 322 g/mol. The fraction of sp³-hybridized carbons (Fsp3) is 0.750. The second-order valence-electron chi connectivity index (χ2n) is 6.20. The maximum absolute atomic E-state index is 12.5. The van der Waals surface area contributed by atoms with E-state index < -0.39 is 0 Å². The van der Waals surface area contributed by atoms with Crippen LogP contribution in [-0.4, -0.2) is 84.8 Å². The molecule has 3 rings (SSSR count). The van der Waals surface area contributed by atoms with Gasteiger partial charge in [0.1, 0.15) is 0 Å². The lowest BCUT2D eigenvalue weighted by molar-refractivity contribution is 0.0305. The molecule has 1 amide bonds. The van der Waals surface area contributed by atoms with Gasteiger partial charge in [0.15, 0.2) is 11.5 Å². The first-order valence-corrected chi connectivity index (χ1v) is 8.53. The maximum atomic E-state index is 12.5. The molecule has 7 heteroatoms. The van der Waals surface area contributed by atoms with Crippen molar-refractivity contribution >= 4 is 5.91 Å². The molecule has 0 aromatic carbocycles. The van der Waals surface area contributed by atoms with Gasteiger partial charge in [-0.2, -0.15) is 0 Å². The molecule has 0 radical (unpaired) electrons. The van der Waals surface area contributed by atoms with Crippen molar-refractivity contribution in [3.05, 3.63) is 17.5 Å². The summed E-state index contributed by atoms with van der Waals surface area (Å²) in [6, 6.07) is 1.79. The number of carbonyl (C=O) groups excluding carboxylic acids is 1. The first-order valence-electron chi connectivity index (χ1n) is 8.53. The Kier molecular flexibility index (Phi) is 5.64. The van der Waals surface area contributed by atoms with Gasteiger partial charge in [-0.1, -0.05) is 12.1 Å². The normalized spacial score (nSPS) is 20.8. The van der Waals surface area contributed by atoms with Gasteiger partial charge in [0.2, 0.25) is 0 Å². The Hall–Kier alpha value is -1.44. The molecule has 0 aliphatic carbocycles. The predicted molar refractivity (Wildman–Crippen MR) is 85.2 cm³/mol. The molecule has 128 valence electrons. The highest BCUT2D eigenvalue weighted by atomic mass is 16.5. The Bertz CT molecular complexity index is 505. The van der Waals surface area contributed by atoms with Gasteiger partial charge in [-0.15, -0.1) is 0 Å². The number of ether oxygens (including phenoxy) is 1. The second kappa shape index (κ2) is 7.90. The number of nitrogens with zero attached hydrogens (tertiary/aromatic N) is 4. The third-order valence-corrected chi connectivity index (χ3v) is 4.46. The summed E-state index contributed by atoms with van der Waals surface area (Å²) in [5.41, 5.74) is 0.428. The summed E-state index contributed by atoms with van der Waals surface area (Å²) >= 11 is 0. The zero-order valence-corrected chi connectivity index (χ0v) is 13.9. The van der Waals surface area contributed by atoms with Gasteiger partial charge in [-0.05, 0) is 13.0 Å². The number of carbonyl (C=O) groups is 1. The van der Waals surface area contributed by atoms with Gasteiger partial charge < -0.3 is 14.2 Å². The Morgan fingerprint density at radius 2 is 1.87 bits per heavy atom. The maximum Gasteiger partial charge on any atom is 0.276 e. The summed E-state index contributed by atoms with van der Waals surface area (Å²) in [6.07, 6.45) is 1.15. The molecule has 23 heavy (non-hydrogen) atoms. The van der Waals surface area contributed by atoms with E-state index in [0.717, 1.165) is 71.2 Å². The SMILES string of the molecule is CCCN1CCN(C(=O)c2cc(CN3CCOCC3)on2)CC1. The molecule has 2 aliphatic rings. The van der Waals surface area contributed by atoms with Crippen molar-refractivity contribution in [3.8, 4) is 0 Å².